The summed E-state index contributed by atoms with van der Waals surface area (Å²) < 4.78 is 5.35. The SMILES string of the molecule is CNc1ccc(Br)c(C(=O)OC)c1. The molecule has 1 rings (SSSR count). The summed E-state index contributed by atoms with van der Waals surface area (Å²) in [6.45, 7) is 0. The van der Waals surface area contributed by atoms with Crippen LogP contribution in [0.25, 0.3) is 0 Å². The minimum Gasteiger partial charge on any atom is -0.465 e. The smallest absolute Gasteiger partial charge is 0.339 e. The predicted octanol–water partition coefficient (Wildman–Crippen LogP) is 2.28. The standard InChI is InChI=1S/C9H10BrNO2/c1-11-6-3-4-8(10)7(5-6)9(12)13-2/h3-5,11H,1-2H3. The molecule has 0 aliphatic heterocycles. The van der Waals surface area contributed by atoms with Crippen molar-refractivity contribution in [1.29, 1.82) is 0 Å². The van der Waals surface area contributed by atoms with Crippen LogP contribution in [0.2, 0.25) is 0 Å². The van der Waals surface area contributed by atoms with E-state index in [0.29, 0.717) is 5.56 Å². The molecule has 0 unspecified atom stereocenters. The van der Waals surface area contributed by atoms with Crippen LogP contribution in [0.5, 0.6) is 0 Å². The molecule has 0 aliphatic rings. The number of methoxy groups -OCH3 is 1. The molecule has 0 fully saturated rings. The highest BCUT2D eigenvalue weighted by Gasteiger charge is 2.09. The van der Waals surface area contributed by atoms with Crippen molar-refractivity contribution in [3.05, 3.63) is 28.2 Å². The zero-order valence-electron chi connectivity index (χ0n) is 7.43. The third kappa shape index (κ3) is 2.21. The van der Waals surface area contributed by atoms with Crippen LogP contribution in [0.4, 0.5) is 5.69 Å². The van der Waals surface area contributed by atoms with Gasteiger partial charge in [0, 0.05) is 17.2 Å². The molecule has 1 aromatic rings. The third-order valence-electron chi connectivity index (χ3n) is 1.66. The first-order valence-electron chi connectivity index (χ1n) is 3.74. The Morgan fingerprint density at radius 2 is 2.23 bits per heavy atom. The minimum absolute atomic E-state index is 0.344. The molecule has 70 valence electrons. The van der Waals surface area contributed by atoms with Crippen molar-refractivity contribution in [2.45, 2.75) is 0 Å². The molecule has 0 bridgehead atoms. The molecule has 0 aliphatic carbocycles. The van der Waals surface area contributed by atoms with Crippen LogP contribution in [-0.4, -0.2) is 20.1 Å². The van der Waals surface area contributed by atoms with Crippen LogP contribution in [0.3, 0.4) is 0 Å². The second kappa shape index (κ2) is 4.28. The van der Waals surface area contributed by atoms with Crippen LogP contribution in [-0.2, 0) is 4.74 Å². The first kappa shape index (κ1) is 10.1. The summed E-state index contributed by atoms with van der Waals surface area (Å²) in [4.78, 5) is 11.2. The van der Waals surface area contributed by atoms with Gasteiger partial charge in [-0.25, -0.2) is 4.79 Å². The van der Waals surface area contributed by atoms with Gasteiger partial charge in [0.15, 0.2) is 0 Å². The number of hydrogen-bond donors (Lipinski definition) is 1. The quantitative estimate of drug-likeness (QED) is 0.811. The summed E-state index contributed by atoms with van der Waals surface area (Å²) in [6, 6.07) is 5.41. The van der Waals surface area contributed by atoms with E-state index < -0.39 is 0 Å². The predicted molar refractivity (Wildman–Crippen MR) is 55.0 cm³/mol. The molecule has 0 saturated heterocycles. The molecule has 13 heavy (non-hydrogen) atoms. The average molecular weight is 244 g/mol. The van der Waals surface area contributed by atoms with E-state index in [9.17, 15) is 4.79 Å². The van der Waals surface area contributed by atoms with Crippen LogP contribution < -0.4 is 5.32 Å². The van der Waals surface area contributed by atoms with Crippen molar-refractivity contribution in [3.8, 4) is 0 Å². The summed E-state index contributed by atoms with van der Waals surface area (Å²) in [6.07, 6.45) is 0. The summed E-state index contributed by atoms with van der Waals surface area (Å²) in [5, 5.41) is 2.94. The first-order valence-corrected chi connectivity index (χ1v) is 4.54. The van der Waals surface area contributed by atoms with Crippen LogP contribution in [0, 0.1) is 0 Å². The van der Waals surface area contributed by atoms with Crippen molar-refractivity contribution >= 4 is 27.6 Å². The van der Waals surface area contributed by atoms with Gasteiger partial charge in [0.1, 0.15) is 0 Å². The second-order valence-electron chi connectivity index (χ2n) is 2.44. The fourth-order valence-corrected chi connectivity index (χ4v) is 1.36. The fourth-order valence-electron chi connectivity index (χ4n) is 0.947. The van der Waals surface area contributed by atoms with Crippen molar-refractivity contribution in [1.82, 2.24) is 0 Å². The van der Waals surface area contributed by atoms with E-state index in [1.807, 2.05) is 6.07 Å². The number of nitrogens with one attached hydrogen (secondary N) is 1. The molecular weight excluding hydrogens is 234 g/mol. The highest BCUT2D eigenvalue weighted by atomic mass is 79.9. The van der Waals surface area contributed by atoms with E-state index in [4.69, 9.17) is 0 Å². The molecule has 0 amide bonds. The molecule has 0 heterocycles. The van der Waals surface area contributed by atoms with Gasteiger partial charge in [-0.3, -0.25) is 0 Å². The molecule has 3 nitrogen and oxygen atoms in total. The van der Waals surface area contributed by atoms with Gasteiger partial charge in [-0.1, -0.05) is 0 Å². The number of carbonyl (C=O) groups is 1. The number of anilines is 1. The maximum absolute atomic E-state index is 11.2. The molecule has 4 heteroatoms. The highest BCUT2D eigenvalue weighted by molar-refractivity contribution is 9.10. The Bertz CT molecular complexity index is 325. The summed E-state index contributed by atoms with van der Waals surface area (Å²) in [7, 11) is 3.16. The molecule has 1 N–H and O–H groups in total. The van der Waals surface area contributed by atoms with Crippen molar-refractivity contribution in [2.75, 3.05) is 19.5 Å². The van der Waals surface area contributed by atoms with Crippen molar-refractivity contribution in [3.63, 3.8) is 0 Å². The summed E-state index contributed by atoms with van der Waals surface area (Å²) in [5.41, 5.74) is 1.40. The summed E-state index contributed by atoms with van der Waals surface area (Å²) in [5.74, 6) is -0.344. The Hall–Kier alpha value is -1.03. The van der Waals surface area contributed by atoms with Gasteiger partial charge in [0.25, 0.3) is 0 Å². The number of carbonyl (C=O) groups excluding carboxylic acids is 1. The Morgan fingerprint density at radius 3 is 2.77 bits per heavy atom. The fraction of sp³-hybridized carbons (Fsp3) is 0.222. The van der Waals surface area contributed by atoms with Crippen LogP contribution in [0.1, 0.15) is 10.4 Å². The average Bonchev–Trinajstić information content (AvgIpc) is 2.17. The molecule has 0 radical (unpaired) electrons. The van der Waals surface area contributed by atoms with E-state index in [2.05, 4.69) is 26.0 Å². The maximum Gasteiger partial charge on any atom is 0.339 e. The van der Waals surface area contributed by atoms with Gasteiger partial charge in [-0.05, 0) is 34.1 Å². The largest absolute Gasteiger partial charge is 0.465 e. The van der Waals surface area contributed by atoms with E-state index in [0.717, 1.165) is 10.2 Å². The molecule has 1 aromatic carbocycles. The van der Waals surface area contributed by atoms with E-state index in [-0.39, 0.29) is 5.97 Å². The molecule has 0 atom stereocenters. The Labute approximate surface area is 85.2 Å². The van der Waals surface area contributed by atoms with Gasteiger partial charge < -0.3 is 10.1 Å². The lowest BCUT2D eigenvalue weighted by molar-refractivity contribution is 0.0600. The number of halogens is 1. The number of esters is 1. The van der Waals surface area contributed by atoms with Gasteiger partial charge >= 0.3 is 5.97 Å². The molecular formula is C9H10BrNO2. The molecule has 0 saturated carbocycles. The van der Waals surface area contributed by atoms with Crippen molar-refractivity contribution < 1.29 is 9.53 Å². The molecule has 0 spiro atoms. The first-order chi connectivity index (χ1) is 6.19. The lowest BCUT2D eigenvalue weighted by Crippen LogP contribution is -2.03. The van der Waals surface area contributed by atoms with Gasteiger partial charge in [0.2, 0.25) is 0 Å². The van der Waals surface area contributed by atoms with Gasteiger partial charge in [-0.2, -0.15) is 0 Å². The topological polar surface area (TPSA) is 38.3 Å². The minimum atomic E-state index is -0.344. The highest BCUT2D eigenvalue weighted by Crippen LogP contribution is 2.21. The number of ether oxygens (including phenoxy) is 1. The van der Waals surface area contributed by atoms with Crippen LogP contribution in [0.15, 0.2) is 22.7 Å². The lowest BCUT2D eigenvalue weighted by atomic mass is 10.2. The number of benzene rings is 1. The Morgan fingerprint density at radius 1 is 1.54 bits per heavy atom. The lowest BCUT2D eigenvalue weighted by Gasteiger charge is -2.05. The van der Waals surface area contributed by atoms with Crippen molar-refractivity contribution in [2.24, 2.45) is 0 Å². The zero-order valence-corrected chi connectivity index (χ0v) is 9.01. The Kier molecular flexibility index (Phi) is 3.31. The molecule has 0 aromatic heterocycles. The van der Waals surface area contributed by atoms with E-state index >= 15 is 0 Å². The maximum atomic E-state index is 11.2. The van der Waals surface area contributed by atoms with E-state index in [1.165, 1.54) is 7.11 Å². The van der Waals surface area contributed by atoms with Crippen LogP contribution >= 0.6 is 15.9 Å². The van der Waals surface area contributed by atoms with Gasteiger partial charge in [-0.15, -0.1) is 0 Å². The van der Waals surface area contributed by atoms with E-state index in [1.54, 1.807) is 19.2 Å². The summed E-state index contributed by atoms with van der Waals surface area (Å²) >= 11 is 3.27. The van der Waals surface area contributed by atoms with Gasteiger partial charge in [0.05, 0.1) is 12.7 Å². The number of hydrogen-bond acceptors (Lipinski definition) is 3. The third-order valence-corrected chi connectivity index (χ3v) is 2.35. The zero-order chi connectivity index (χ0) is 9.84. The number of rotatable bonds is 2. The normalized spacial score (nSPS) is 9.46. The monoisotopic (exact) mass is 243 g/mol. The second-order valence-corrected chi connectivity index (χ2v) is 3.29. The Balaban J connectivity index is 3.11.